The standard InChI is InChI=1S/C12H19N3O2S/c1-7-2-4-8(5-3-7)14-12-15-9(6-18-12)10(13)11(16)17/h6-8,10H,2-5,13H2,1H3,(H,14,15)(H,16,17). The van der Waals surface area contributed by atoms with E-state index >= 15 is 0 Å². The summed E-state index contributed by atoms with van der Waals surface area (Å²) in [5, 5.41) is 14.7. The van der Waals surface area contributed by atoms with Crippen molar-refractivity contribution >= 4 is 22.4 Å². The number of hydrogen-bond donors (Lipinski definition) is 3. The van der Waals surface area contributed by atoms with Gasteiger partial charge in [0, 0.05) is 11.4 Å². The number of rotatable bonds is 4. The lowest BCUT2D eigenvalue weighted by atomic mass is 9.87. The number of carboxylic acids is 1. The van der Waals surface area contributed by atoms with Gasteiger partial charge in [0.25, 0.3) is 0 Å². The third kappa shape index (κ3) is 3.20. The van der Waals surface area contributed by atoms with Crippen LogP contribution < -0.4 is 11.1 Å². The van der Waals surface area contributed by atoms with Crippen LogP contribution in [0.1, 0.15) is 44.3 Å². The Labute approximate surface area is 110 Å². The number of nitrogens with zero attached hydrogens (tertiary/aromatic N) is 1. The Bertz CT molecular complexity index is 413. The molecule has 4 N–H and O–H groups in total. The highest BCUT2D eigenvalue weighted by Gasteiger charge is 2.21. The first-order chi connectivity index (χ1) is 8.56. The number of nitrogens with two attached hydrogens (primary N) is 1. The van der Waals surface area contributed by atoms with Gasteiger partial charge in [-0.1, -0.05) is 6.92 Å². The first kappa shape index (κ1) is 13.3. The van der Waals surface area contributed by atoms with E-state index in [4.69, 9.17) is 10.8 Å². The molecule has 1 saturated carbocycles. The highest BCUT2D eigenvalue weighted by Crippen LogP contribution is 2.27. The van der Waals surface area contributed by atoms with E-state index in [2.05, 4.69) is 17.2 Å². The lowest BCUT2D eigenvalue weighted by Crippen LogP contribution is -2.25. The van der Waals surface area contributed by atoms with Crippen molar-refractivity contribution in [2.75, 3.05) is 5.32 Å². The molecule has 1 aromatic heterocycles. The minimum atomic E-state index is -1.04. The molecule has 0 amide bonds. The van der Waals surface area contributed by atoms with Gasteiger partial charge in [0.15, 0.2) is 5.13 Å². The Hall–Kier alpha value is -1.14. The molecular formula is C12H19N3O2S. The molecule has 1 aromatic rings. The molecule has 100 valence electrons. The van der Waals surface area contributed by atoms with E-state index in [1.54, 1.807) is 5.38 Å². The Balaban J connectivity index is 1.92. The monoisotopic (exact) mass is 269 g/mol. The number of nitrogens with one attached hydrogen (secondary N) is 1. The van der Waals surface area contributed by atoms with Crippen molar-refractivity contribution in [3.8, 4) is 0 Å². The van der Waals surface area contributed by atoms with E-state index in [0.29, 0.717) is 11.7 Å². The molecule has 18 heavy (non-hydrogen) atoms. The van der Waals surface area contributed by atoms with E-state index in [1.807, 2.05) is 0 Å². The largest absolute Gasteiger partial charge is 0.480 e. The van der Waals surface area contributed by atoms with Crippen molar-refractivity contribution in [3.05, 3.63) is 11.1 Å². The van der Waals surface area contributed by atoms with Gasteiger partial charge in [-0.05, 0) is 31.6 Å². The van der Waals surface area contributed by atoms with Gasteiger partial charge in [0.1, 0.15) is 6.04 Å². The third-order valence-electron chi connectivity index (χ3n) is 3.45. The molecule has 1 fully saturated rings. The second-order valence-corrected chi connectivity index (χ2v) is 5.85. The van der Waals surface area contributed by atoms with Crippen LogP contribution in [0.5, 0.6) is 0 Å². The van der Waals surface area contributed by atoms with Crippen molar-refractivity contribution in [1.82, 2.24) is 4.98 Å². The molecule has 2 rings (SSSR count). The molecule has 0 aliphatic heterocycles. The van der Waals surface area contributed by atoms with Crippen LogP contribution in [0.15, 0.2) is 5.38 Å². The summed E-state index contributed by atoms with van der Waals surface area (Å²) < 4.78 is 0. The summed E-state index contributed by atoms with van der Waals surface area (Å²) in [7, 11) is 0. The van der Waals surface area contributed by atoms with Crippen LogP contribution in [0.25, 0.3) is 0 Å². The molecule has 0 spiro atoms. The maximum Gasteiger partial charge on any atom is 0.326 e. The lowest BCUT2D eigenvalue weighted by Gasteiger charge is -2.26. The summed E-state index contributed by atoms with van der Waals surface area (Å²) in [6.45, 7) is 2.28. The van der Waals surface area contributed by atoms with Gasteiger partial charge in [-0.3, -0.25) is 4.79 Å². The molecule has 0 radical (unpaired) electrons. The molecule has 1 heterocycles. The fraction of sp³-hybridized carbons (Fsp3) is 0.667. The zero-order valence-corrected chi connectivity index (χ0v) is 11.2. The molecule has 5 nitrogen and oxygen atoms in total. The smallest absolute Gasteiger partial charge is 0.326 e. The minimum absolute atomic E-state index is 0.430. The van der Waals surface area contributed by atoms with Crippen LogP contribution in [0.2, 0.25) is 0 Å². The van der Waals surface area contributed by atoms with Crippen LogP contribution >= 0.6 is 11.3 Å². The molecule has 1 aliphatic rings. The molecule has 1 unspecified atom stereocenters. The topological polar surface area (TPSA) is 88.2 Å². The molecule has 1 atom stereocenters. The summed E-state index contributed by atoms with van der Waals surface area (Å²) in [5.74, 6) is -0.228. The number of aliphatic carboxylic acids is 1. The second-order valence-electron chi connectivity index (χ2n) is 4.99. The Kier molecular flexibility index (Phi) is 4.19. The number of carbonyl (C=O) groups is 1. The van der Waals surface area contributed by atoms with Crippen molar-refractivity contribution < 1.29 is 9.90 Å². The van der Waals surface area contributed by atoms with Crippen molar-refractivity contribution in [1.29, 1.82) is 0 Å². The maximum atomic E-state index is 10.8. The third-order valence-corrected chi connectivity index (χ3v) is 4.24. The Morgan fingerprint density at radius 3 is 2.83 bits per heavy atom. The quantitative estimate of drug-likeness (QED) is 0.780. The van der Waals surface area contributed by atoms with Crippen LogP contribution in [0, 0.1) is 5.92 Å². The van der Waals surface area contributed by atoms with Gasteiger partial charge in [-0.15, -0.1) is 11.3 Å². The number of carboxylic acid groups (broad SMARTS) is 1. The second kappa shape index (κ2) is 5.67. The number of hydrogen-bond acceptors (Lipinski definition) is 5. The molecular weight excluding hydrogens is 250 g/mol. The molecule has 0 aromatic carbocycles. The first-order valence-corrected chi connectivity index (χ1v) is 7.14. The summed E-state index contributed by atoms with van der Waals surface area (Å²) in [4.78, 5) is 15.0. The summed E-state index contributed by atoms with van der Waals surface area (Å²) >= 11 is 1.42. The van der Waals surface area contributed by atoms with Crippen LogP contribution in [0.3, 0.4) is 0 Å². The average molecular weight is 269 g/mol. The van der Waals surface area contributed by atoms with E-state index in [1.165, 1.54) is 24.2 Å². The Morgan fingerprint density at radius 2 is 2.22 bits per heavy atom. The van der Waals surface area contributed by atoms with Gasteiger partial charge in [0.05, 0.1) is 5.69 Å². The molecule has 0 saturated heterocycles. The summed E-state index contributed by atoms with van der Waals surface area (Å²) in [6.07, 6.45) is 4.79. The van der Waals surface area contributed by atoms with Crippen molar-refractivity contribution in [2.45, 2.75) is 44.7 Å². The Morgan fingerprint density at radius 1 is 1.56 bits per heavy atom. The average Bonchev–Trinajstić information content (AvgIpc) is 2.79. The first-order valence-electron chi connectivity index (χ1n) is 6.26. The lowest BCUT2D eigenvalue weighted by molar-refractivity contribution is -0.138. The highest BCUT2D eigenvalue weighted by molar-refractivity contribution is 7.13. The minimum Gasteiger partial charge on any atom is -0.480 e. The van der Waals surface area contributed by atoms with Crippen molar-refractivity contribution in [3.63, 3.8) is 0 Å². The zero-order chi connectivity index (χ0) is 13.1. The van der Waals surface area contributed by atoms with E-state index in [-0.39, 0.29) is 0 Å². The van der Waals surface area contributed by atoms with Crippen molar-refractivity contribution in [2.24, 2.45) is 11.7 Å². The number of thiazole rings is 1. The van der Waals surface area contributed by atoms with Gasteiger partial charge in [-0.2, -0.15) is 0 Å². The van der Waals surface area contributed by atoms with Crippen LogP contribution in [-0.2, 0) is 4.79 Å². The number of aromatic nitrogens is 1. The van der Waals surface area contributed by atoms with E-state index < -0.39 is 12.0 Å². The fourth-order valence-corrected chi connectivity index (χ4v) is 3.03. The fourth-order valence-electron chi connectivity index (χ4n) is 2.20. The van der Waals surface area contributed by atoms with Gasteiger partial charge in [0.2, 0.25) is 0 Å². The molecule has 0 bridgehead atoms. The zero-order valence-electron chi connectivity index (χ0n) is 10.4. The SMILES string of the molecule is CC1CCC(Nc2nc(C(N)C(=O)O)cs2)CC1. The normalized spacial score (nSPS) is 25.7. The van der Waals surface area contributed by atoms with Gasteiger partial charge < -0.3 is 16.2 Å². The van der Waals surface area contributed by atoms with Crippen LogP contribution in [-0.4, -0.2) is 22.1 Å². The predicted octanol–water partition coefficient (Wildman–Crippen LogP) is 2.22. The number of anilines is 1. The summed E-state index contributed by atoms with van der Waals surface area (Å²) in [6, 6.07) is -0.565. The van der Waals surface area contributed by atoms with Gasteiger partial charge in [-0.25, -0.2) is 4.98 Å². The van der Waals surface area contributed by atoms with E-state index in [9.17, 15) is 4.79 Å². The van der Waals surface area contributed by atoms with Crippen LogP contribution in [0.4, 0.5) is 5.13 Å². The highest BCUT2D eigenvalue weighted by atomic mass is 32.1. The van der Waals surface area contributed by atoms with E-state index in [0.717, 1.165) is 23.9 Å². The molecule has 6 heteroatoms. The predicted molar refractivity (Wildman–Crippen MR) is 71.7 cm³/mol. The molecule has 1 aliphatic carbocycles. The maximum absolute atomic E-state index is 10.8. The van der Waals surface area contributed by atoms with Gasteiger partial charge >= 0.3 is 5.97 Å². The summed E-state index contributed by atoms with van der Waals surface area (Å²) in [5.41, 5.74) is 5.95.